The smallest absolute Gasteiger partial charge is 0.410 e. The van der Waals surface area contributed by atoms with E-state index >= 15 is 0 Å². The van der Waals surface area contributed by atoms with E-state index in [0.29, 0.717) is 5.75 Å². The summed E-state index contributed by atoms with van der Waals surface area (Å²) in [5.41, 5.74) is 1.79. The number of rotatable bonds is 8. The summed E-state index contributed by atoms with van der Waals surface area (Å²) in [5.74, 6) is 0.515. The Bertz CT molecular complexity index is 1130. The fourth-order valence-corrected chi connectivity index (χ4v) is 5.70. The molecule has 1 aliphatic heterocycles. The van der Waals surface area contributed by atoms with Crippen LogP contribution in [0.2, 0.25) is 0 Å². The number of hydrogen-bond acceptors (Lipinski definition) is 5. The van der Waals surface area contributed by atoms with Gasteiger partial charge in [0.05, 0.1) is 0 Å². The number of nitrogens with one attached hydrogen (secondary N) is 1. The lowest BCUT2D eigenvalue weighted by Gasteiger charge is -2.40. The Hall–Kier alpha value is -2.77. The van der Waals surface area contributed by atoms with Gasteiger partial charge in [-0.25, -0.2) is 4.79 Å². The van der Waals surface area contributed by atoms with Gasteiger partial charge in [0.1, 0.15) is 5.75 Å². The molecule has 0 spiro atoms. The van der Waals surface area contributed by atoms with Crippen molar-refractivity contribution >= 4 is 17.4 Å². The van der Waals surface area contributed by atoms with Crippen LogP contribution in [0.5, 0.6) is 5.75 Å². The number of aromatic nitrogens is 1. The standard InChI is InChI=1S/C28H34FN3O2S/c1-20-10-11-22(18-30-20)27(3,4)32-17-16-28(19-32,15-14-24-12-13-25(29)35-24)21(2)31-26(33)34-23-8-6-5-7-9-23/h5-13,18,21H,14-17,19H2,1-4H3,(H,31,33)/t21-,28+/m0/s1. The van der Waals surface area contributed by atoms with Crippen LogP contribution < -0.4 is 10.1 Å². The molecule has 7 heteroatoms. The zero-order chi connectivity index (χ0) is 25.1. The third kappa shape index (κ3) is 5.90. The summed E-state index contributed by atoms with van der Waals surface area (Å²) in [6.07, 6.45) is 4.05. The first kappa shape index (κ1) is 25.3. The zero-order valence-corrected chi connectivity index (χ0v) is 21.7. The number of pyridine rings is 1. The van der Waals surface area contributed by atoms with Gasteiger partial charge < -0.3 is 10.1 Å². The molecule has 0 radical (unpaired) electrons. The number of hydrogen-bond donors (Lipinski definition) is 1. The second-order valence-corrected chi connectivity index (χ2v) is 11.2. The number of thiophene rings is 1. The molecule has 1 saturated heterocycles. The monoisotopic (exact) mass is 495 g/mol. The predicted molar refractivity (Wildman–Crippen MR) is 138 cm³/mol. The SMILES string of the molecule is Cc1ccc(C(C)(C)N2CC[C@@](CCc3ccc(F)s3)([C@H](C)NC(=O)Oc3ccccc3)C2)cn1. The van der Waals surface area contributed by atoms with Gasteiger partial charge in [-0.1, -0.05) is 24.3 Å². The minimum absolute atomic E-state index is 0.125. The Morgan fingerprint density at radius 1 is 1.23 bits per heavy atom. The summed E-state index contributed by atoms with van der Waals surface area (Å²) in [6.45, 7) is 10.2. The second-order valence-electron chi connectivity index (χ2n) is 10.1. The summed E-state index contributed by atoms with van der Waals surface area (Å²) >= 11 is 1.20. The van der Waals surface area contributed by atoms with Crippen LogP contribution in [-0.4, -0.2) is 35.1 Å². The van der Waals surface area contributed by atoms with Crippen molar-refractivity contribution in [2.75, 3.05) is 13.1 Å². The van der Waals surface area contributed by atoms with Crippen LogP contribution in [0.3, 0.4) is 0 Å². The quantitative estimate of drug-likeness (QED) is 0.397. The van der Waals surface area contributed by atoms with Crippen molar-refractivity contribution in [1.29, 1.82) is 0 Å². The lowest BCUT2D eigenvalue weighted by molar-refractivity contribution is 0.110. The maximum absolute atomic E-state index is 13.6. The maximum Gasteiger partial charge on any atom is 0.412 e. The van der Waals surface area contributed by atoms with Crippen LogP contribution >= 0.6 is 11.3 Å². The van der Waals surface area contributed by atoms with Crippen molar-refractivity contribution in [3.05, 3.63) is 82.1 Å². The molecule has 0 bridgehead atoms. The molecule has 0 aliphatic carbocycles. The van der Waals surface area contributed by atoms with E-state index in [0.717, 1.165) is 42.9 Å². The first-order chi connectivity index (χ1) is 16.7. The molecule has 186 valence electrons. The number of amides is 1. The van der Waals surface area contributed by atoms with Crippen LogP contribution in [0, 0.1) is 17.5 Å². The van der Waals surface area contributed by atoms with E-state index < -0.39 is 6.09 Å². The van der Waals surface area contributed by atoms with Crippen molar-refractivity contribution < 1.29 is 13.9 Å². The molecule has 3 heterocycles. The molecule has 2 atom stereocenters. The van der Waals surface area contributed by atoms with Crippen LogP contribution in [0.25, 0.3) is 0 Å². The summed E-state index contributed by atoms with van der Waals surface area (Å²) in [6, 6.07) is 16.6. The second kappa shape index (κ2) is 10.5. The van der Waals surface area contributed by atoms with Crippen molar-refractivity contribution in [3.63, 3.8) is 0 Å². The van der Waals surface area contributed by atoms with Gasteiger partial charge in [-0.2, -0.15) is 4.39 Å². The number of likely N-dealkylation sites (tertiary alicyclic amines) is 1. The molecule has 1 amide bonds. The molecule has 35 heavy (non-hydrogen) atoms. The number of carbonyl (C=O) groups excluding carboxylic acids is 1. The largest absolute Gasteiger partial charge is 0.412 e. The minimum atomic E-state index is -0.453. The van der Waals surface area contributed by atoms with Gasteiger partial charge >= 0.3 is 6.09 Å². The highest BCUT2D eigenvalue weighted by Crippen LogP contribution is 2.44. The number of ether oxygens (including phenoxy) is 1. The van der Waals surface area contributed by atoms with Gasteiger partial charge in [0.2, 0.25) is 0 Å². The Balaban J connectivity index is 1.52. The van der Waals surface area contributed by atoms with Crippen LogP contribution in [0.15, 0.2) is 60.8 Å². The molecule has 0 unspecified atom stereocenters. The van der Waals surface area contributed by atoms with E-state index in [1.54, 1.807) is 12.1 Å². The number of para-hydroxylation sites is 1. The van der Waals surface area contributed by atoms with Gasteiger partial charge in [-0.3, -0.25) is 9.88 Å². The van der Waals surface area contributed by atoms with Crippen molar-refractivity contribution in [3.8, 4) is 5.75 Å². The number of carbonyl (C=O) groups is 1. The van der Waals surface area contributed by atoms with Crippen molar-refractivity contribution in [2.45, 2.75) is 58.5 Å². The average molecular weight is 496 g/mol. The number of nitrogens with zero attached hydrogens (tertiary/aromatic N) is 2. The predicted octanol–water partition coefficient (Wildman–Crippen LogP) is 6.33. The summed E-state index contributed by atoms with van der Waals surface area (Å²) in [4.78, 5) is 20.8. The fourth-order valence-electron chi connectivity index (χ4n) is 4.97. The molecule has 1 aliphatic rings. The topological polar surface area (TPSA) is 54.5 Å². The lowest BCUT2D eigenvalue weighted by Crippen LogP contribution is -2.50. The first-order valence-electron chi connectivity index (χ1n) is 12.1. The van der Waals surface area contributed by atoms with Crippen molar-refractivity contribution in [1.82, 2.24) is 15.2 Å². The van der Waals surface area contributed by atoms with Crippen LogP contribution in [0.1, 0.15) is 49.7 Å². The molecule has 1 aromatic carbocycles. The van der Waals surface area contributed by atoms with E-state index in [9.17, 15) is 9.18 Å². The normalized spacial score (nSPS) is 19.5. The van der Waals surface area contributed by atoms with Crippen LogP contribution in [-0.2, 0) is 12.0 Å². The highest BCUT2D eigenvalue weighted by atomic mass is 32.1. The molecular weight excluding hydrogens is 461 g/mol. The van der Waals surface area contributed by atoms with Gasteiger partial charge in [0.25, 0.3) is 0 Å². The Morgan fingerprint density at radius 2 is 2.00 bits per heavy atom. The third-order valence-electron chi connectivity index (χ3n) is 7.50. The molecule has 4 rings (SSSR count). The number of aryl methyl sites for hydroxylation is 2. The van der Waals surface area contributed by atoms with E-state index in [4.69, 9.17) is 4.74 Å². The molecular formula is C28H34FN3O2S. The molecule has 3 aromatic rings. The molecule has 2 aromatic heterocycles. The number of halogens is 1. The molecule has 0 saturated carbocycles. The summed E-state index contributed by atoms with van der Waals surface area (Å²) < 4.78 is 19.1. The van der Waals surface area contributed by atoms with Gasteiger partial charge in [0.15, 0.2) is 5.13 Å². The van der Waals surface area contributed by atoms with Crippen molar-refractivity contribution in [2.24, 2.45) is 5.41 Å². The minimum Gasteiger partial charge on any atom is -0.410 e. The number of benzene rings is 1. The summed E-state index contributed by atoms with van der Waals surface area (Å²) in [7, 11) is 0. The van der Waals surface area contributed by atoms with Crippen LogP contribution in [0.4, 0.5) is 9.18 Å². The van der Waals surface area contributed by atoms with E-state index in [-0.39, 0.29) is 22.1 Å². The van der Waals surface area contributed by atoms with E-state index in [1.165, 1.54) is 23.0 Å². The lowest BCUT2D eigenvalue weighted by atomic mass is 9.76. The maximum atomic E-state index is 13.6. The van der Waals surface area contributed by atoms with Gasteiger partial charge in [-0.05, 0) is 89.4 Å². The van der Waals surface area contributed by atoms with E-state index in [1.807, 2.05) is 37.4 Å². The fraction of sp³-hybridized carbons (Fsp3) is 0.429. The summed E-state index contributed by atoms with van der Waals surface area (Å²) in [5, 5.41) is 2.94. The molecule has 1 fully saturated rings. The Labute approximate surface area is 211 Å². The zero-order valence-electron chi connectivity index (χ0n) is 20.9. The first-order valence-corrected chi connectivity index (χ1v) is 13.0. The van der Waals surface area contributed by atoms with Gasteiger partial charge in [-0.15, -0.1) is 11.3 Å². The Kier molecular flexibility index (Phi) is 7.57. The van der Waals surface area contributed by atoms with Gasteiger partial charge in [0, 0.05) is 40.3 Å². The average Bonchev–Trinajstić information content (AvgIpc) is 3.46. The molecule has 1 N–H and O–H groups in total. The molecule has 5 nitrogen and oxygen atoms in total. The Morgan fingerprint density at radius 3 is 2.66 bits per heavy atom. The highest BCUT2D eigenvalue weighted by molar-refractivity contribution is 7.10. The van der Waals surface area contributed by atoms with E-state index in [2.05, 4.69) is 48.1 Å². The third-order valence-corrected chi connectivity index (χ3v) is 8.43. The highest BCUT2D eigenvalue weighted by Gasteiger charge is 2.47.